The second kappa shape index (κ2) is 74.0. The Kier molecular flexibility index (Phi) is 71.9. The number of aliphatic hydroxyl groups is 2. The number of aliphatic hydroxyl groups excluding tert-OH is 2. The molecule has 2 unspecified atom stereocenters. The first-order valence-corrected chi connectivity index (χ1v) is 38.1. The van der Waals surface area contributed by atoms with Crippen LogP contribution in [0.25, 0.3) is 0 Å². The number of carbonyl (C=O) groups excluding carboxylic acids is 2. The van der Waals surface area contributed by atoms with E-state index in [0.29, 0.717) is 19.4 Å². The van der Waals surface area contributed by atoms with E-state index in [4.69, 9.17) is 4.74 Å². The summed E-state index contributed by atoms with van der Waals surface area (Å²) in [6.45, 7) is 4.89. The molecule has 0 saturated carbocycles. The molecule has 0 aromatic heterocycles. The number of carbonyl (C=O) groups is 2. The van der Waals surface area contributed by atoms with Crippen molar-refractivity contribution in [2.75, 3.05) is 13.2 Å². The van der Waals surface area contributed by atoms with Gasteiger partial charge in [-0.2, -0.15) is 0 Å². The van der Waals surface area contributed by atoms with Crippen LogP contribution >= 0.6 is 0 Å². The predicted octanol–water partition coefficient (Wildman–Crippen LogP) is 25.0. The minimum absolute atomic E-state index is 0.00174. The molecule has 0 spiro atoms. The van der Waals surface area contributed by atoms with E-state index >= 15 is 0 Å². The summed E-state index contributed by atoms with van der Waals surface area (Å²) in [5.41, 5.74) is 0. The highest BCUT2D eigenvalue weighted by Gasteiger charge is 2.18. The molecular formula is C79H147NO5. The number of rotatable bonds is 71. The van der Waals surface area contributed by atoms with Crippen LogP contribution in [0.4, 0.5) is 0 Å². The van der Waals surface area contributed by atoms with Gasteiger partial charge in [0, 0.05) is 12.8 Å². The number of esters is 1. The number of hydrogen-bond donors (Lipinski definition) is 3. The standard InChI is InChI=1S/C79H147NO5/c1-3-5-7-9-11-13-15-17-19-20-21-22-32-35-38-41-44-47-51-55-59-63-67-71-77(82)76(75-81)80-78(83)72-68-64-60-56-52-48-45-42-39-36-33-30-28-26-24-23-25-27-29-31-34-37-40-43-46-50-54-58-62-66-70-74-85-79(84)73-69-65-61-57-53-49-18-16-14-12-10-8-6-4-2/h10,12,16,18,25,27,31,34,67,71,76-77,81-82H,3-9,11,13-15,17,19-24,26,28-30,32-33,35-66,68-70,72-75H2,1-2H3,(H,80,83)/b12-10-,18-16-,27-25-,34-31-,71-67+. The third kappa shape index (κ3) is 70.5. The van der Waals surface area contributed by atoms with Crippen molar-refractivity contribution in [2.45, 2.75) is 418 Å². The van der Waals surface area contributed by atoms with E-state index in [1.54, 1.807) is 6.08 Å². The quantitative estimate of drug-likeness (QED) is 0.0320. The molecule has 85 heavy (non-hydrogen) atoms. The third-order valence-corrected chi connectivity index (χ3v) is 17.5. The van der Waals surface area contributed by atoms with Crippen molar-refractivity contribution in [3.63, 3.8) is 0 Å². The Morgan fingerprint density at radius 3 is 0.929 bits per heavy atom. The normalized spacial score (nSPS) is 12.8. The molecule has 0 bridgehead atoms. The Morgan fingerprint density at radius 2 is 0.600 bits per heavy atom. The molecule has 6 nitrogen and oxygen atoms in total. The van der Waals surface area contributed by atoms with Crippen LogP contribution in [0.15, 0.2) is 60.8 Å². The van der Waals surface area contributed by atoms with Crippen LogP contribution in [0, 0.1) is 0 Å². The van der Waals surface area contributed by atoms with Gasteiger partial charge in [-0.25, -0.2) is 0 Å². The summed E-state index contributed by atoms with van der Waals surface area (Å²) in [4.78, 5) is 24.6. The van der Waals surface area contributed by atoms with Crippen LogP contribution in [0.5, 0.6) is 0 Å². The Hall–Kier alpha value is -2.44. The van der Waals surface area contributed by atoms with Crippen LogP contribution in [-0.4, -0.2) is 47.4 Å². The average molecular weight is 1190 g/mol. The molecule has 2 atom stereocenters. The number of ether oxygens (including phenoxy) is 1. The highest BCUT2D eigenvalue weighted by atomic mass is 16.5. The van der Waals surface area contributed by atoms with Gasteiger partial charge in [0.2, 0.25) is 5.91 Å². The minimum Gasteiger partial charge on any atom is -0.466 e. The van der Waals surface area contributed by atoms with Gasteiger partial charge in [-0.1, -0.05) is 364 Å². The van der Waals surface area contributed by atoms with E-state index in [0.717, 1.165) is 57.8 Å². The fourth-order valence-corrected chi connectivity index (χ4v) is 11.7. The molecule has 498 valence electrons. The number of nitrogens with one attached hydrogen (secondary N) is 1. The summed E-state index contributed by atoms with van der Waals surface area (Å²) in [5.74, 6) is -0.0655. The number of hydrogen-bond acceptors (Lipinski definition) is 5. The molecule has 0 heterocycles. The lowest BCUT2D eigenvalue weighted by Gasteiger charge is -2.20. The van der Waals surface area contributed by atoms with E-state index in [9.17, 15) is 19.8 Å². The third-order valence-electron chi connectivity index (χ3n) is 17.5. The molecule has 0 aromatic carbocycles. The monoisotopic (exact) mass is 1190 g/mol. The number of allylic oxidation sites excluding steroid dienone is 9. The number of unbranched alkanes of at least 4 members (excludes halogenated alkanes) is 52. The molecule has 0 aliphatic heterocycles. The maximum atomic E-state index is 12.5. The molecule has 3 N–H and O–H groups in total. The summed E-state index contributed by atoms with van der Waals surface area (Å²) in [5, 5.41) is 23.3. The van der Waals surface area contributed by atoms with Gasteiger partial charge in [0.25, 0.3) is 0 Å². The summed E-state index contributed by atoms with van der Waals surface area (Å²) in [6.07, 6.45) is 98.9. The SMILES string of the molecule is CCCC/C=C\C/C=C\CCCCCCCC(=O)OCCCCCCCCCCC/C=C\C/C=C\CCCCCCCCCCCCCCCCCC(=O)NC(CO)C(O)/C=C/CCCCCCCCCCCCCCCCCCCCCCC. The van der Waals surface area contributed by atoms with E-state index in [1.165, 1.54) is 321 Å². The van der Waals surface area contributed by atoms with Crippen molar-refractivity contribution in [3.05, 3.63) is 60.8 Å². The highest BCUT2D eigenvalue weighted by Crippen LogP contribution is 2.19. The summed E-state index contributed by atoms with van der Waals surface area (Å²) < 4.78 is 5.48. The second-order valence-electron chi connectivity index (χ2n) is 26.0. The lowest BCUT2D eigenvalue weighted by atomic mass is 10.0. The molecular weight excluding hydrogens is 1040 g/mol. The van der Waals surface area contributed by atoms with E-state index in [-0.39, 0.29) is 18.5 Å². The molecule has 0 fully saturated rings. The Labute approximate surface area is 530 Å². The Bertz CT molecular complexity index is 1470. The molecule has 0 rings (SSSR count). The van der Waals surface area contributed by atoms with Crippen LogP contribution in [0.1, 0.15) is 406 Å². The Balaban J connectivity index is 3.43. The first kappa shape index (κ1) is 82.6. The van der Waals surface area contributed by atoms with Crippen molar-refractivity contribution in [1.29, 1.82) is 0 Å². The van der Waals surface area contributed by atoms with E-state index < -0.39 is 12.1 Å². The van der Waals surface area contributed by atoms with Gasteiger partial charge in [0.1, 0.15) is 0 Å². The van der Waals surface area contributed by atoms with E-state index in [2.05, 4.69) is 67.8 Å². The highest BCUT2D eigenvalue weighted by molar-refractivity contribution is 5.76. The zero-order chi connectivity index (χ0) is 61.3. The van der Waals surface area contributed by atoms with Crippen LogP contribution in [-0.2, 0) is 14.3 Å². The van der Waals surface area contributed by atoms with Gasteiger partial charge in [-0.05, 0) is 89.9 Å². The van der Waals surface area contributed by atoms with Gasteiger partial charge < -0.3 is 20.3 Å². The predicted molar refractivity (Wildman–Crippen MR) is 375 cm³/mol. The van der Waals surface area contributed by atoms with Crippen molar-refractivity contribution < 1.29 is 24.5 Å². The van der Waals surface area contributed by atoms with Crippen molar-refractivity contribution in [2.24, 2.45) is 0 Å². The van der Waals surface area contributed by atoms with Gasteiger partial charge in [-0.15, -0.1) is 0 Å². The Morgan fingerprint density at radius 1 is 0.329 bits per heavy atom. The molecule has 0 aromatic rings. The molecule has 6 heteroatoms. The maximum absolute atomic E-state index is 12.5. The van der Waals surface area contributed by atoms with Gasteiger partial charge in [0.15, 0.2) is 0 Å². The largest absolute Gasteiger partial charge is 0.466 e. The molecule has 0 aliphatic rings. The van der Waals surface area contributed by atoms with Crippen LogP contribution in [0.3, 0.4) is 0 Å². The average Bonchev–Trinajstić information content (AvgIpc) is 3.50. The van der Waals surface area contributed by atoms with Crippen molar-refractivity contribution in [3.8, 4) is 0 Å². The fourth-order valence-electron chi connectivity index (χ4n) is 11.7. The summed E-state index contributed by atoms with van der Waals surface area (Å²) >= 11 is 0. The number of amides is 1. The minimum atomic E-state index is -0.847. The summed E-state index contributed by atoms with van der Waals surface area (Å²) in [6, 6.07) is -0.630. The van der Waals surface area contributed by atoms with E-state index in [1.807, 2.05) is 6.08 Å². The molecule has 0 aliphatic carbocycles. The maximum Gasteiger partial charge on any atom is 0.305 e. The van der Waals surface area contributed by atoms with Gasteiger partial charge >= 0.3 is 5.97 Å². The topological polar surface area (TPSA) is 95.9 Å². The lowest BCUT2D eigenvalue weighted by Crippen LogP contribution is -2.45. The first-order chi connectivity index (χ1) is 42.0. The van der Waals surface area contributed by atoms with Crippen LogP contribution in [0.2, 0.25) is 0 Å². The zero-order valence-electron chi connectivity index (χ0n) is 57.1. The van der Waals surface area contributed by atoms with Gasteiger partial charge in [-0.3, -0.25) is 9.59 Å². The lowest BCUT2D eigenvalue weighted by molar-refractivity contribution is -0.143. The van der Waals surface area contributed by atoms with Crippen molar-refractivity contribution in [1.82, 2.24) is 5.32 Å². The smallest absolute Gasteiger partial charge is 0.305 e. The van der Waals surface area contributed by atoms with Crippen LogP contribution < -0.4 is 5.32 Å². The molecule has 1 amide bonds. The second-order valence-corrected chi connectivity index (χ2v) is 26.0. The van der Waals surface area contributed by atoms with Crippen molar-refractivity contribution >= 4 is 11.9 Å². The zero-order valence-corrected chi connectivity index (χ0v) is 57.1. The van der Waals surface area contributed by atoms with Gasteiger partial charge in [0.05, 0.1) is 25.4 Å². The summed E-state index contributed by atoms with van der Waals surface area (Å²) in [7, 11) is 0. The first-order valence-electron chi connectivity index (χ1n) is 38.1. The fraction of sp³-hybridized carbons (Fsp3) is 0.848. The molecule has 0 saturated heterocycles. The molecule has 0 radical (unpaired) electrons.